The molecule has 1 rings (SSSR count). The summed E-state index contributed by atoms with van der Waals surface area (Å²) >= 11 is 1.94. The minimum absolute atomic E-state index is 0.774. The molecule has 1 atom stereocenters. The van der Waals surface area contributed by atoms with Crippen LogP contribution in [-0.2, 0) is 0 Å². The van der Waals surface area contributed by atoms with E-state index in [4.69, 9.17) is 0 Å². The minimum atomic E-state index is 0.774. The van der Waals surface area contributed by atoms with Crippen LogP contribution in [0.5, 0.6) is 0 Å². The number of hydrogen-bond acceptors (Lipinski definition) is 3. The second kappa shape index (κ2) is 5.01. The average Bonchev–Trinajstić information content (AvgIpc) is 2.03. The third kappa shape index (κ3) is 3.01. The van der Waals surface area contributed by atoms with Gasteiger partial charge in [-0.15, -0.1) is 0 Å². The fourth-order valence-corrected chi connectivity index (χ4v) is 1.95. The molecule has 11 heavy (non-hydrogen) atoms. The molecule has 0 saturated carbocycles. The van der Waals surface area contributed by atoms with Crippen molar-refractivity contribution < 1.29 is 0 Å². The van der Waals surface area contributed by atoms with Gasteiger partial charge in [0.25, 0.3) is 0 Å². The van der Waals surface area contributed by atoms with E-state index in [0.717, 1.165) is 12.6 Å². The van der Waals surface area contributed by atoms with Gasteiger partial charge in [0.1, 0.15) is 0 Å². The molecule has 0 aliphatic carbocycles. The van der Waals surface area contributed by atoms with Gasteiger partial charge in [0.15, 0.2) is 0 Å². The van der Waals surface area contributed by atoms with Crippen LogP contribution in [0.25, 0.3) is 0 Å². The summed E-state index contributed by atoms with van der Waals surface area (Å²) in [6, 6.07) is 0.774. The number of likely N-dealkylation sites (N-methyl/N-ethyl adjacent to an activating group) is 1. The Balaban J connectivity index is 2.18. The highest BCUT2D eigenvalue weighted by molar-refractivity contribution is 7.98. The van der Waals surface area contributed by atoms with Crippen LogP contribution in [0.3, 0.4) is 0 Å². The summed E-state index contributed by atoms with van der Waals surface area (Å²) in [5.41, 5.74) is 0. The van der Waals surface area contributed by atoms with E-state index in [-0.39, 0.29) is 0 Å². The first-order valence-corrected chi connectivity index (χ1v) is 5.64. The molecule has 3 heteroatoms. The van der Waals surface area contributed by atoms with E-state index < -0.39 is 0 Å². The number of rotatable bonds is 3. The molecule has 0 aromatic carbocycles. The largest absolute Gasteiger partial charge is 0.314 e. The zero-order valence-electron chi connectivity index (χ0n) is 7.47. The van der Waals surface area contributed by atoms with Crippen molar-refractivity contribution in [2.24, 2.45) is 0 Å². The van der Waals surface area contributed by atoms with Crippen LogP contribution in [-0.4, -0.2) is 49.6 Å². The van der Waals surface area contributed by atoms with Crippen molar-refractivity contribution in [3.05, 3.63) is 0 Å². The van der Waals surface area contributed by atoms with Crippen LogP contribution in [0.15, 0.2) is 0 Å². The molecular weight excluding hydrogens is 156 g/mol. The third-order valence-electron chi connectivity index (χ3n) is 2.30. The lowest BCUT2D eigenvalue weighted by Crippen LogP contribution is -2.49. The van der Waals surface area contributed by atoms with Crippen molar-refractivity contribution in [3.8, 4) is 0 Å². The van der Waals surface area contributed by atoms with Gasteiger partial charge in [0, 0.05) is 25.7 Å². The van der Waals surface area contributed by atoms with Crippen LogP contribution in [0.1, 0.15) is 6.42 Å². The number of hydrogen-bond donors (Lipinski definition) is 1. The molecule has 0 aromatic heterocycles. The lowest BCUT2D eigenvalue weighted by atomic mass is 10.1. The van der Waals surface area contributed by atoms with E-state index in [1.165, 1.54) is 25.3 Å². The van der Waals surface area contributed by atoms with Crippen molar-refractivity contribution in [1.82, 2.24) is 10.2 Å². The summed E-state index contributed by atoms with van der Waals surface area (Å²) in [5.74, 6) is 1.29. The number of nitrogens with one attached hydrogen (secondary N) is 1. The van der Waals surface area contributed by atoms with Gasteiger partial charge in [-0.3, -0.25) is 0 Å². The van der Waals surface area contributed by atoms with E-state index in [0.29, 0.717) is 0 Å². The Kier molecular flexibility index (Phi) is 4.26. The van der Waals surface area contributed by atoms with Gasteiger partial charge >= 0.3 is 0 Å². The molecule has 1 aliphatic heterocycles. The average molecular weight is 174 g/mol. The first kappa shape index (κ1) is 9.36. The fourth-order valence-electron chi connectivity index (χ4n) is 1.44. The Hall–Kier alpha value is 0.270. The first-order chi connectivity index (χ1) is 5.34. The Bertz CT molecular complexity index is 108. The maximum absolute atomic E-state index is 3.42. The normalized spacial score (nSPS) is 27.3. The molecule has 1 aliphatic rings. The molecule has 1 saturated heterocycles. The van der Waals surface area contributed by atoms with Crippen molar-refractivity contribution in [2.45, 2.75) is 12.5 Å². The van der Waals surface area contributed by atoms with Crippen LogP contribution in [0.2, 0.25) is 0 Å². The van der Waals surface area contributed by atoms with Crippen LogP contribution < -0.4 is 5.32 Å². The van der Waals surface area contributed by atoms with E-state index in [9.17, 15) is 0 Å². The standard InChI is InChI=1S/C8H18N2S/c1-10-5-4-9-7-8(10)3-6-11-2/h8-9H,3-7H2,1-2H3/t8-/m0/s1. The van der Waals surface area contributed by atoms with Gasteiger partial charge in [-0.2, -0.15) is 11.8 Å². The smallest absolute Gasteiger partial charge is 0.0225 e. The molecule has 0 amide bonds. The molecule has 66 valence electrons. The van der Waals surface area contributed by atoms with E-state index in [1.54, 1.807) is 0 Å². The summed E-state index contributed by atoms with van der Waals surface area (Å²) in [6.07, 6.45) is 3.50. The number of piperazine rings is 1. The molecule has 1 heterocycles. The zero-order chi connectivity index (χ0) is 8.10. The van der Waals surface area contributed by atoms with Gasteiger partial charge in [0.05, 0.1) is 0 Å². The molecule has 0 unspecified atom stereocenters. The maximum Gasteiger partial charge on any atom is 0.0225 e. The minimum Gasteiger partial charge on any atom is -0.314 e. The molecule has 0 radical (unpaired) electrons. The van der Waals surface area contributed by atoms with Crippen molar-refractivity contribution in [3.63, 3.8) is 0 Å². The SMILES string of the molecule is CSCC[C@H]1CNCCN1C. The first-order valence-electron chi connectivity index (χ1n) is 4.24. The molecule has 2 nitrogen and oxygen atoms in total. The molecule has 1 N–H and O–H groups in total. The van der Waals surface area contributed by atoms with Gasteiger partial charge < -0.3 is 10.2 Å². The Morgan fingerprint density at radius 2 is 2.45 bits per heavy atom. The molecule has 0 spiro atoms. The topological polar surface area (TPSA) is 15.3 Å². The van der Waals surface area contributed by atoms with E-state index in [1.807, 2.05) is 11.8 Å². The quantitative estimate of drug-likeness (QED) is 0.676. The van der Waals surface area contributed by atoms with Crippen LogP contribution >= 0.6 is 11.8 Å². The predicted octanol–water partition coefficient (Wildman–Crippen LogP) is 0.643. The van der Waals surface area contributed by atoms with E-state index in [2.05, 4.69) is 23.5 Å². The molecule has 1 fully saturated rings. The zero-order valence-corrected chi connectivity index (χ0v) is 8.28. The molecule has 0 aromatic rings. The highest BCUT2D eigenvalue weighted by Gasteiger charge is 2.16. The van der Waals surface area contributed by atoms with Gasteiger partial charge in [-0.05, 0) is 25.5 Å². The lowest BCUT2D eigenvalue weighted by Gasteiger charge is -2.32. The fraction of sp³-hybridized carbons (Fsp3) is 1.00. The highest BCUT2D eigenvalue weighted by Crippen LogP contribution is 2.07. The van der Waals surface area contributed by atoms with Gasteiger partial charge in [-0.1, -0.05) is 0 Å². The monoisotopic (exact) mass is 174 g/mol. The Morgan fingerprint density at radius 1 is 1.64 bits per heavy atom. The predicted molar refractivity (Wildman–Crippen MR) is 52.3 cm³/mol. The van der Waals surface area contributed by atoms with Crippen LogP contribution in [0, 0.1) is 0 Å². The van der Waals surface area contributed by atoms with Crippen molar-refractivity contribution in [2.75, 3.05) is 38.7 Å². The Morgan fingerprint density at radius 3 is 3.09 bits per heavy atom. The molecular formula is C8H18N2S. The Labute approximate surface area is 73.7 Å². The third-order valence-corrected chi connectivity index (χ3v) is 2.94. The van der Waals surface area contributed by atoms with Gasteiger partial charge in [-0.25, -0.2) is 0 Å². The van der Waals surface area contributed by atoms with Crippen molar-refractivity contribution >= 4 is 11.8 Å². The maximum atomic E-state index is 3.42. The van der Waals surface area contributed by atoms with Crippen molar-refractivity contribution in [1.29, 1.82) is 0 Å². The van der Waals surface area contributed by atoms with Crippen LogP contribution in [0.4, 0.5) is 0 Å². The summed E-state index contributed by atoms with van der Waals surface area (Å²) in [7, 11) is 2.23. The summed E-state index contributed by atoms with van der Waals surface area (Å²) in [5, 5.41) is 3.42. The summed E-state index contributed by atoms with van der Waals surface area (Å²) < 4.78 is 0. The highest BCUT2D eigenvalue weighted by atomic mass is 32.2. The molecule has 0 bridgehead atoms. The lowest BCUT2D eigenvalue weighted by molar-refractivity contribution is 0.196. The number of thioether (sulfide) groups is 1. The second-order valence-electron chi connectivity index (χ2n) is 3.12. The van der Waals surface area contributed by atoms with Gasteiger partial charge in [0.2, 0.25) is 0 Å². The van der Waals surface area contributed by atoms with E-state index >= 15 is 0 Å². The summed E-state index contributed by atoms with van der Waals surface area (Å²) in [6.45, 7) is 3.54. The number of nitrogens with zero attached hydrogens (tertiary/aromatic N) is 1. The summed E-state index contributed by atoms with van der Waals surface area (Å²) in [4.78, 5) is 2.46. The second-order valence-corrected chi connectivity index (χ2v) is 4.11.